The molecule has 3 aliphatic heterocycles. The minimum Gasteiger partial charge on any atom is -0.342 e. The molecule has 0 N–H and O–H groups in total. The highest BCUT2D eigenvalue weighted by atomic mass is 16.2. The summed E-state index contributed by atoms with van der Waals surface area (Å²) in [5, 5.41) is 0. The van der Waals surface area contributed by atoms with Crippen LogP contribution >= 0.6 is 0 Å². The summed E-state index contributed by atoms with van der Waals surface area (Å²) in [5.41, 5.74) is 0. The number of likely N-dealkylation sites (N-methyl/N-ethyl adjacent to an activating group) is 1. The van der Waals surface area contributed by atoms with Gasteiger partial charge in [0.25, 0.3) is 0 Å². The smallest absolute Gasteiger partial charge is 0.227 e. The van der Waals surface area contributed by atoms with Crippen LogP contribution in [-0.2, 0) is 9.59 Å². The molecule has 5 nitrogen and oxygen atoms in total. The van der Waals surface area contributed by atoms with Crippen molar-refractivity contribution in [1.82, 2.24) is 14.7 Å². The molecule has 0 aromatic heterocycles. The molecular weight excluding hydrogens is 290 g/mol. The van der Waals surface area contributed by atoms with Gasteiger partial charge in [0.15, 0.2) is 0 Å². The lowest BCUT2D eigenvalue weighted by molar-refractivity contribution is -0.141. The third-order valence-electron chi connectivity index (χ3n) is 6.06. The Bertz CT molecular complexity index is 454. The number of amides is 2. The average Bonchev–Trinajstić information content (AvgIpc) is 3.22. The van der Waals surface area contributed by atoms with Gasteiger partial charge in [-0.25, -0.2) is 0 Å². The van der Waals surface area contributed by atoms with Gasteiger partial charge < -0.3 is 9.80 Å². The number of rotatable bonds is 3. The van der Waals surface area contributed by atoms with Crippen LogP contribution in [0.3, 0.4) is 0 Å². The second kappa shape index (κ2) is 7.20. The number of carbonyl (C=O) groups is 2. The molecule has 0 spiro atoms. The molecule has 0 bridgehead atoms. The third-order valence-corrected chi connectivity index (χ3v) is 6.06. The van der Waals surface area contributed by atoms with Gasteiger partial charge in [0.05, 0.1) is 5.92 Å². The molecule has 130 valence electrons. The van der Waals surface area contributed by atoms with Crippen molar-refractivity contribution in [2.45, 2.75) is 64.5 Å². The monoisotopic (exact) mass is 321 g/mol. The van der Waals surface area contributed by atoms with E-state index in [2.05, 4.69) is 16.7 Å². The highest BCUT2D eigenvalue weighted by Crippen LogP contribution is 2.32. The van der Waals surface area contributed by atoms with Crippen molar-refractivity contribution in [1.29, 1.82) is 0 Å². The van der Waals surface area contributed by atoms with Crippen LogP contribution < -0.4 is 0 Å². The van der Waals surface area contributed by atoms with Gasteiger partial charge in [0.1, 0.15) is 0 Å². The van der Waals surface area contributed by atoms with Crippen LogP contribution in [0.4, 0.5) is 0 Å². The summed E-state index contributed by atoms with van der Waals surface area (Å²) >= 11 is 0. The molecular formula is C18H31N3O2. The first-order valence-electron chi connectivity index (χ1n) is 9.42. The second-order valence-corrected chi connectivity index (χ2v) is 7.38. The summed E-state index contributed by atoms with van der Waals surface area (Å²) in [6.07, 6.45) is 6.67. The molecule has 3 aliphatic rings. The Morgan fingerprint density at radius 1 is 0.957 bits per heavy atom. The van der Waals surface area contributed by atoms with Crippen LogP contribution in [0.15, 0.2) is 0 Å². The molecule has 3 heterocycles. The van der Waals surface area contributed by atoms with Crippen molar-refractivity contribution in [2.75, 3.05) is 32.7 Å². The van der Waals surface area contributed by atoms with Crippen molar-refractivity contribution in [3.63, 3.8) is 0 Å². The number of nitrogens with zero attached hydrogens (tertiary/aromatic N) is 3. The van der Waals surface area contributed by atoms with E-state index in [1.54, 1.807) is 6.92 Å². The first-order chi connectivity index (χ1) is 11.1. The summed E-state index contributed by atoms with van der Waals surface area (Å²) in [6, 6.07) is 0.955. The Labute approximate surface area is 140 Å². The lowest BCUT2D eigenvalue weighted by atomic mass is 9.95. The highest BCUT2D eigenvalue weighted by molar-refractivity contribution is 5.81. The van der Waals surface area contributed by atoms with Crippen molar-refractivity contribution >= 4 is 11.8 Å². The predicted octanol–water partition coefficient (Wildman–Crippen LogP) is 1.72. The lowest BCUT2D eigenvalue weighted by Crippen LogP contribution is -2.52. The van der Waals surface area contributed by atoms with Crippen LogP contribution in [0.5, 0.6) is 0 Å². The second-order valence-electron chi connectivity index (χ2n) is 7.38. The quantitative estimate of drug-likeness (QED) is 0.795. The van der Waals surface area contributed by atoms with Gasteiger partial charge in [-0.3, -0.25) is 14.5 Å². The highest BCUT2D eigenvalue weighted by Gasteiger charge is 2.41. The first-order valence-corrected chi connectivity index (χ1v) is 9.42. The molecule has 5 heteroatoms. The Morgan fingerprint density at radius 3 is 2.39 bits per heavy atom. The summed E-state index contributed by atoms with van der Waals surface area (Å²) < 4.78 is 0. The molecule has 3 atom stereocenters. The summed E-state index contributed by atoms with van der Waals surface area (Å²) in [6.45, 7) is 8.46. The fourth-order valence-corrected chi connectivity index (χ4v) is 4.85. The molecule has 2 amide bonds. The first kappa shape index (κ1) is 16.7. The maximum atomic E-state index is 13.1. The van der Waals surface area contributed by atoms with Gasteiger partial charge in [-0.15, -0.1) is 0 Å². The molecule has 0 aromatic rings. The van der Waals surface area contributed by atoms with Gasteiger partial charge in [0.2, 0.25) is 11.8 Å². The zero-order valence-corrected chi connectivity index (χ0v) is 14.7. The zero-order valence-electron chi connectivity index (χ0n) is 14.7. The molecule has 3 saturated heterocycles. The molecule has 23 heavy (non-hydrogen) atoms. The molecule has 0 saturated carbocycles. The normalized spacial score (nSPS) is 32.5. The van der Waals surface area contributed by atoms with Gasteiger partial charge >= 0.3 is 0 Å². The lowest BCUT2D eigenvalue weighted by Gasteiger charge is -2.38. The van der Waals surface area contributed by atoms with Crippen LogP contribution in [0.1, 0.15) is 52.4 Å². The van der Waals surface area contributed by atoms with E-state index in [1.807, 2.05) is 4.90 Å². The van der Waals surface area contributed by atoms with Crippen molar-refractivity contribution < 1.29 is 9.59 Å². The van der Waals surface area contributed by atoms with E-state index in [9.17, 15) is 9.59 Å². The summed E-state index contributed by atoms with van der Waals surface area (Å²) in [7, 11) is 0. The molecule has 0 aliphatic carbocycles. The fraction of sp³-hybridized carbons (Fsp3) is 0.889. The summed E-state index contributed by atoms with van der Waals surface area (Å²) in [5.74, 6) is 0.430. The van der Waals surface area contributed by atoms with E-state index in [0.717, 1.165) is 45.3 Å². The van der Waals surface area contributed by atoms with E-state index in [-0.39, 0.29) is 11.8 Å². The van der Waals surface area contributed by atoms with E-state index in [0.29, 0.717) is 24.5 Å². The van der Waals surface area contributed by atoms with Crippen molar-refractivity contribution in [3.05, 3.63) is 0 Å². The van der Waals surface area contributed by atoms with Crippen LogP contribution in [0.2, 0.25) is 0 Å². The Hall–Kier alpha value is -1.10. The predicted molar refractivity (Wildman–Crippen MR) is 90.0 cm³/mol. The number of hydrogen-bond acceptors (Lipinski definition) is 3. The van der Waals surface area contributed by atoms with E-state index in [1.165, 1.54) is 19.4 Å². The van der Waals surface area contributed by atoms with E-state index >= 15 is 0 Å². The SMILES string of the molecule is CCN1CCC[C@@H]1[C@@H]1CCCN1C(=O)[C@H]1CCCN(C(C)=O)C1. The number of carbonyl (C=O) groups excluding carboxylic acids is 2. The number of piperidine rings is 1. The van der Waals surface area contributed by atoms with Crippen molar-refractivity contribution in [2.24, 2.45) is 5.92 Å². The minimum absolute atomic E-state index is 0.0183. The Kier molecular flexibility index (Phi) is 5.24. The average molecular weight is 321 g/mol. The van der Waals surface area contributed by atoms with Crippen LogP contribution in [0, 0.1) is 5.92 Å². The maximum Gasteiger partial charge on any atom is 0.227 e. The zero-order chi connectivity index (χ0) is 16.4. The summed E-state index contributed by atoms with van der Waals surface area (Å²) in [4.78, 5) is 31.3. The third kappa shape index (κ3) is 3.39. The van der Waals surface area contributed by atoms with Gasteiger partial charge in [-0.05, 0) is 51.6 Å². The standard InChI is InChI=1S/C18H31N3O2/c1-3-19-10-5-8-16(19)17-9-6-12-21(17)18(23)15-7-4-11-20(13-15)14(2)22/h15-17H,3-13H2,1-2H3/t15-,16+,17-/m0/s1. The molecule has 3 rings (SSSR count). The maximum absolute atomic E-state index is 13.1. The van der Waals surface area contributed by atoms with Crippen LogP contribution in [-0.4, -0.2) is 71.3 Å². The Morgan fingerprint density at radius 2 is 1.65 bits per heavy atom. The van der Waals surface area contributed by atoms with Crippen molar-refractivity contribution in [3.8, 4) is 0 Å². The fourth-order valence-electron chi connectivity index (χ4n) is 4.85. The van der Waals surface area contributed by atoms with Crippen LogP contribution in [0.25, 0.3) is 0 Å². The van der Waals surface area contributed by atoms with E-state index < -0.39 is 0 Å². The molecule has 0 radical (unpaired) electrons. The number of likely N-dealkylation sites (tertiary alicyclic amines) is 3. The largest absolute Gasteiger partial charge is 0.342 e. The van der Waals surface area contributed by atoms with Gasteiger partial charge in [-0.2, -0.15) is 0 Å². The number of hydrogen-bond donors (Lipinski definition) is 0. The minimum atomic E-state index is 0.0183. The van der Waals surface area contributed by atoms with Gasteiger partial charge in [0, 0.05) is 38.6 Å². The molecule has 0 aromatic carbocycles. The van der Waals surface area contributed by atoms with E-state index in [4.69, 9.17) is 0 Å². The molecule has 3 fully saturated rings. The Balaban J connectivity index is 1.67. The molecule has 0 unspecified atom stereocenters. The van der Waals surface area contributed by atoms with Gasteiger partial charge in [-0.1, -0.05) is 6.92 Å². The topological polar surface area (TPSA) is 43.9 Å².